The first-order valence-corrected chi connectivity index (χ1v) is 7.97. The molecule has 2 N–H and O–H groups in total. The van der Waals surface area contributed by atoms with Crippen LogP contribution >= 0.6 is 12.2 Å². The van der Waals surface area contributed by atoms with Crippen molar-refractivity contribution < 1.29 is 4.74 Å². The molecule has 1 aliphatic carbocycles. The van der Waals surface area contributed by atoms with E-state index in [4.69, 9.17) is 22.7 Å². The zero-order valence-corrected chi connectivity index (χ0v) is 12.9. The van der Waals surface area contributed by atoms with E-state index in [-0.39, 0.29) is 0 Å². The SMILES string of the molecule is NC(=S)c1cc(OCC2CCCCC2)nc2ccccc12. The van der Waals surface area contributed by atoms with Crippen molar-refractivity contribution in [2.75, 3.05) is 6.61 Å². The molecule has 21 heavy (non-hydrogen) atoms. The fourth-order valence-corrected chi connectivity index (χ4v) is 3.15. The lowest BCUT2D eigenvalue weighted by atomic mass is 9.90. The number of aromatic nitrogens is 1. The van der Waals surface area contributed by atoms with E-state index < -0.39 is 0 Å². The second kappa shape index (κ2) is 6.39. The predicted octanol–water partition coefficient (Wildman–Crippen LogP) is 3.83. The summed E-state index contributed by atoms with van der Waals surface area (Å²) in [6.07, 6.45) is 6.51. The Morgan fingerprint density at radius 3 is 2.76 bits per heavy atom. The summed E-state index contributed by atoms with van der Waals surface area (Å²) in [5.74, 6) is 1.28. The van der Waals surface area contributed by atoms with Crippen molar-refractivity contribution in [3.05, 3.63) is 35.9 Å². The fraction of sp³-hybridized carbons (Fsp3) is 0.412. The Bertz CT molecular complexity index is 650. The fourth-order valence-electron chi connectivity index (χ4n) is 2.99. The quantitative estimate of drug-likeness (QED) is 0.872. The summed E-state index contributed by atoms with van der Waals surface area (Å²) in [6, 6.07) is 9.75. The molecule has 1 aromatic carbocycles. The van der Waals surface area contributed by atoms with E-state index >= 15 is 0 Å². The first-order chi connectivity index (χ1) is 10.2. The van der Waals surface area contributed by atoms with Crippen molar-refractivity contribution in [3.8, 4) is 5.88 Å². The van der Waals surface area contributed by atoms with Crippen molar-refractivity contribution in [2.24, 2.45) is 11.7 Å². The van der Waals surface area contributed by atoms with E-state index in [1.807, 2.05) is 30.3 Å². The van der Waals surface area contributed by atoms with Gasteiger partial charge in [-0.2, -0.15) is 0 Å². The van der Waals surface area contributed by atoms with Gasteiger partial charge in [-0.15, -0.1) is 0 Å². The molecule has 110 valence electrons. The van der Waals surface area contributed by atoms with Crippen LogP contribution in [0.2, 0.25) is 0 Å². The molecule has 1 fully saturated rings. The number of fused-ring (bicyclic) bond motifs is 1. The standard InChI is InChI=1S/C17H20N2OS/c18-17(21)14-10-16(19-15-9-5-4-8-13(14)15)20-11-12-6-2-1-3-7-12/h4-5,8-10,12H,1-3,6-7,11H2,(H2,18,21). The van der Waals surface area contributed by atoms with Crippen LogP contribution in [0.1, 0.15) is 37.7 Å². The van der Waals surface area contributed by atoms with Crippen LogP contribution in [0.4, 0.5) is 0 Å². The molecule has 0 bridgehead atoms. The first kappa shape index (κ1) is 14.3. The predicted molar refractivity (Wildman–Crippen MR) is 89.7 cm³/mol. The second-order valence-corrected chi connectivity index (χ2v) is 6.14. The summed E-state index contributed by atoms with van der Waals surface area (Å²) in [4.78, 5) is 4.95. The lowest BCUT2D eigenvalue weighted by Crippen LogP contribution is -2.16. The zero-order chi connectivity index (χ0) is 14.7. The van der Waals surface area contributed by atoms with E-state index in [0.717, 1.165) is 23.1 Å². The smallest absolute Gasteiger partial charge is 0.214 e. The van der Waals surface area contributed by atoms with Crippen molar-refractivity contribution in [1.29, 1.82) is 0 Å². The number of rotatable bonds is 4. The summed E-state index contributed by atoms with van der Waals surface area (Å²) < 4.78 is 5.92. The molecule has 1 aliphatic rings. The maximum Gasteiger partial charge on any atom is 0.214 e. The van der Waals surface area contributed by atoms with Crippen LogP contribution in [0.3, 0.4) is 0 Å². The molecule has 0 aliphatic heterocycles. The molecule has 0 saturated heterocycles. The molecule has 4 heteroatoms. The van der Waals surface area contributed by atoms with Gasteiger partial charge >= 0.3 is 0 Å². The Morgan fingerprint density at radius 2 is 2.00 bits per heavy atom. The average molecular weight is 300 g/mol. The highest BCUT2D eigenvalue weighted by Gasteiger charge is 2.15. The van der Waals surface area contributed by atoms with E-state index in [2.05, 4.69) is 4.98 Å². The molecular weight excluding hydrogens is 280 g/mol. The van der Waals surface area contributed by atoms with Gasteiger partial charge in [0, 0.05) is 17.0 Å². The highest BCUT2D eigenvalue weighted by molar-refractivity contribution is 7.80. The van der Waals surface area contributed by atoms with Gasteiger partial charge < -0.3 is 10.5 Å². The van der Waals surface area contributed by atoms with Crippen molar-refractivity contribution in [1.82, 2.24) is 4.98 Å². The minimum absolute atomic E-state index is 0.385. The molecule has 1 aromatic heterocycles. The van der Waals surface area contributed by atoms with Crippen LogP contribution in [0, 0.1) is 5.92 Å². The van der Waals surface area contributed by atoms with Gasteiger partial charge in [-0.05, 0) is 24.8 Å². The van der Waals surface area contributed by atoms with Crippen LogP contribution in [0.25, 0.3) is 10.9 Å². The number of benzene rings is 1. The topological polar surface area (TPSA) is 48.1 Å². The molecule has 1 heterocycles. The Hall–Kier alpha value is -1.68. The Morgan fingerprint density at radius 1 is 1.24 bits per heavy atom. The lowest BCUT2D eigenvalue weighted by molar-refractivity contribution is 0.203. The Labute approximate surface area is 130 Å². The van der Waals surface area contributed by atoms with Crippen LogP contribution < -0.4 is 10.5 Å². The molecular formula is C17H20N2OS. The molecule has 0 atom stereocenters. The number of para-hydroxylation sites is 1. The maximum atomic E-state index is 5.92. The number of nitrogens with zero attached hydrogens (tertiary/aromatic N) is 1. The van der Waals surface area contributed by atoms with Gasteiger partial charge in [-0.1, -0.05) is 49.7 Å². The third kappa shape index (κ3) is 3.32. The first-order valence-electron chi connectivity index (χ1n) is 7.56. The molecule has 3 nitrogen and oxygen atoms in total. The number of ether oxygens (including phenoxy) is 1. The Kier molecular flexibility index (Phi) is 4.34. The minimum atomic E-state index is 0.385. The molecule has 0 amide bonds. The Balaban J connectivity index is 1.83. The lowest BCUT2D eigenvalue weighted by Gasteiger charge is -2.21. The van der Waals surface area contributed by atoms with Crippen molar-refractivity contribution >= 4 is 28.1 Å². The second-order valence-electron chi connectivity index (χ2n) is 5.70. The molecule has 0 radical (unpaired) electrons. The number of hydrogen-bond acceptors (Lipinski definition) is 3. The summed E-state index contributed by atoms with van der Waals surface area (Å²) in [5.41, 5.74) is 7.55. The number of nitrogens with two attached hydrogens (primary N) is 1. The average Bonchev–Trinajstić information content (AvgIpc) is 2.53. The maximum absolute atomic E-state index is 5.92. The van der Waals surface area contributed by atoms with Gasteiger partial charge in [0.05, 0.1) is 12.1 Å². The van der Waals surface area contributed by atoms with Gasteiger partial charge in [0.25, 0.3) is 0 Å². The number of pyridine rings is 1. The van der Waals surface area contributed by atoms with E-state index in [1.54, 1.807) is 0 Å². The van der Waals surface area contributed by atoms with Gasteiger partial charge in [-0.25, -0.2) is 4.98 Å². The van der Waals surface area contributed by atoms with Gasteiger partial charge in [0.2, 0.25) is 5.88 Å². The van der Waals surface area contributed by atoms with Crippen LogP contribution in [0.15, 0.2) is 30.3 Å². The highest BCUT2D eigenvalue weighted by Crippen LogP contribution is 2.26. The van der Waals surface area contributed by atoms with Gasteiger partial charge in [-0.3, -0.25) is 0 Å². The highest BCUT2D eigenvalue weighted by atomic mass is 32.1. The third-order valence-electron chi connectivity index (χ3n) is 4.15. The van der Waals surface area contributed by atoms with Crippen molar-refractivity contribution in [2.45, 2.75) is 32.1 Å². The third-order valence-corrected chi connectivity index (χ3v) is 4.37. The normalized spacial score (nSPS) is 16.0. The molecule has 2 aromatic rings. The summed E-state index contributed by atoms with van der Waals surface area (Å²) in [6.45, 7) is 0.738. The van der Waals surface area contributed by atoms with Crippen LogP contribution in [-0.4, -0.2) is 16.6 Å². The molecule has 3 rings (SSSR count). The largest absolute Gasteiger partial charge is 0.477 e. The van der Waals surface area contributed by atoms with Crippen LogP contribution in [-0.2, 0) is 0 Å². The minimum Gasteiger partial charge on any atom is -0.477 e. The van der Waals surface area contributed by atoms with Crippen LogP contribution in [0.5, 0.6) is 5.88 Å². The van der Waals surface area contributed by atoms with Gasteiger partial charge in [0.15, 0.2) is 0 Å². The molecule has 1 saturated carbocycles. The number of hydrogen-bond donors (Lipinski definition) is 1. The monoisotopic (exact) mass is 300 g/mol. The van der Waals surface area contributed by atoms with E-state index in [9.17, 15) is 0 Å². The summed E-state index contributed by atoms with van der Waals surface area (Å²) in [5, 5.41) is 0.981. The van der Waals surface area contributed by atoms with Gasteiger partial charge in [0.1, 0.15) is 4.99 Å². The summed E-state index contributed by atoms with van der Waals surface area (Å²) >= 11 is 5.15. The molecule has 0 unspecified atom stereocenters. The van der Waals surface area contributed by atoms with E-state index in [0.29, 0.717) is 16.8 Å². The van der Waals surface area contributed by atoms with E-state index in [1.165, 1.54) is 32.1 Å². The summed E-state index contributed by atoms with van der Waals surface area (Å²) in [7, 11) is 0. The van der Waals surface area contributed by atoms with Crippen molar-refractivity contribution in [3.63, 3.8) is 0 Å². The number of thiocarbonyl (C=S) groups is 1. The zero-order valence-electron chi connectivity index (χ0n) is 12.0. The molecule has 0 spiro atoms.